The van der Waals surface area contributed by atoms with Gasteiger partial charge >= 0.3 is 0 Å². The Morgan fingerprint density at radius 2 is 2.08 bits per heavy atom. The Hall–Kier alpha value is -3.23. The number of hydrogen-bond acceptors (Lipinski definition) is 5. The van der Waals surface area contributed by atoms with Crippen molar-refractivity contribution in [2.24, 2.45) is 5.92 Å². The number of para-hydroxylation sites is 1. The number of carbonyl (C=O) groups is 2. The quantitative estimate of drug-likeness (QED) is 0.650. The Labute approximate surface area is 136 Å². The second kappa shape index (κ2) is 5.76. The van der Waals surface area contributed by atoms with Crippen LogP contribution in [-0.2, 0) is 16.1 Å². The fraction of sp³-hybridized carbons (Fsp3) is 0.267. The van der Waals surface area contributed by atoms with Crippen LogP contribution in [0.25, 0.3) is 10.9 Å². The lowest BCUT2D eigenvalue weighted by atomic mass is 10.2. The molecule has 1 aromatic carbocycles. The Kier molecular flexibility index (Phi) is 3.45. The predicted octanol–water partition coefficient (Wildman–Crippen LogP) is 1.14. The number of H-pyrrole nitrogens is 1. The minimum Gasteiger partial charge on any atom is -0.308 e. The number of fused-ring (bicyclic) bond motifs is 1. The highest BCUT2D eigenvalue weighted by molar-refractivity contribution is 5.99. The zero-order chi connectivity index (χ0) is 16.5. The van der Waals surface area contributed by atoms with Crippen LogP contribution in [0.15, 0.2) is 30.5 Å². The molecule has 0 bridgehead atoms. The van der Waals surface area contributed by atoms with Gasteiger partial charge in [0.15, 0.2) is 11.6 Å². The molecule has 4 rings (SSSR count). The first-order chi connectivity index (χ1) is 11.7. The van der Waals surface area contributed by atoms with Crippen LogP contribution < -0.4 is 10.6 Å². The predicted molar refractivity (Wildman–Crippen MR) is 86.1 cm³/mol. The molecule has 0 unspecified atom stereocenters. The van der Waals surface area contributed by atoms with Crippen LogP contribution in [-0.4, -0.2) is 37.0 Å². The molecule has 9 nitrogen and oxygen atoms in total. The van der Waals surface area contributed by atoms with Crippen molar-refractivity contribution in [3.8, 4) is 0 Å². The summed E-state index contributed by atoms with van der Waals surface area (Å²) in [6.45, 7) is -0.0204. The molecule has 1 saturated carbocycles. The molecule has 3 aromatic rings. The number of anilines is 2. The van der Waals surface area contributed by atoms with Gasteiger partial charge in [-0.1, -0.05) is 17.3 Å². The first-order valence-corrected chi connectivity index (χ1v) is 7.63. The van der Waals surface area contributed by atoms with Crippen LogP contribution in [0.2, 0.25) is 0 Å². The van der Waals surface area contributed by atoms with Gasteiger partial charge in [-0.2, -0.15) is 5.10 Å². The zero-order valence-electron chi connectivity index (χ0n) is 12.7. The van der Waals surface area contributed by atoms with Crippen LogP contribution in [0.4, 0.5) is 11.6 Å². The van der Waals surface area contributed by atoms with Gasteiger partial charge in [-0.15, -0.1) is 5.10 Å². The summed E-state index contributed by atoms with van der Waals surface area (Å²) in [5.74, 6) is 0.584. The van der Waals surface area contributed by atoms with Crippen molar-refractivity contribution in [1.29, 1.82) is 0 Å². The number of nitrogens with zero attached hydrogens (tertiary/aromatic N) is 4. The first kappa shape index (κ1) is 14.4. The van der Waals surface area contributed by atoms with E-state index in [9.17, 15) is 9.59 Å². The number of carbonyl (C=O) groups excluding carboxylic acids is 2. The van der Waals surface area contributed by atoms with Gasteiger partial charge in [0.25, 0.3) is 0 Å². The summed E-state index contributed by atoms with van der Waals surface area (Å²) in [6, 6.07) is 7.51. The topological polar surface area (TPSA) is 118 Å². The third-order valence-corrected chi connectivity index (χ3v) is 3.77. The Morgan fingerprint density at radius 1 is 1.25 bits per heavy atom. The molecule has 1 aliphatic rings. The van der Waals surface area contributed by atoms with E-state index in [-0.39, 0.29) is 24.3 Å². The van der Waals surface area contributed by atoms with Gasteiger partial charge in [0.05, 0.1) is 11.7 Å². The molecule has 0 saturated heterocycles. The summed E-state index contributed by atoms with van der Waals surface area (Å²) in [5, 5.41) is 20.9. The standard InChI is InChI=1S/C15H15N7O2/c23-13(17-14-10-3-1-2-4-11(10)18-20-14)8-22-7-12(19-21-22)16-15(24)9-5-6-9/h1-4,7,9H,5-6,8H2,(H,16,24)(H2,17,18,20,23). The fourth-order valence-electron chi connectivity index (χ4n) is 2.38. The van der Waals surface area contributed by atoms with Crippen molar-refractivity contribution in [1.82, 2.24) is 25.2 Å². The van der Waals surface area contributed by atoms with Gasteiger partial charge in [0.1, 0.15) is 6.54 Å². The van der Waals surface area contributed by atoms with Gasteiger partial charge in [-0.3, -0.25) is 14.7 Å². The molecular weight excluding hydrogens is 310 g/mol. The SMILES string of the molecule is O=C(Cn1cc(NC(=O)C2CC2)nn1)Nc1n[nH]c2ccccc12. The van der Waals surface area contributed by atoms with Gasteiger partial charge in [0, 0.05) is 11.3 Å². The Balaban J connectivity index is 1.39. The molecule has 2 amide bonds. The van der Waals surface area contributed by atoms with E-state index < -0.39 is 0 Å². The fourth-order valence-corrected chi connectivity index (χ4v) is 2.38. The Morgan fingerprint density at radius 3 is 2.92 bits per heavy atom. The number of nitrogens with one attached hydrogen (secondary N) is 3. The molecule has 24 heavy (non-hydrogen) atoms. The summed E-state index contributed by atoms with van der Waals surface area (Å²) in [4.78, 5) is 23.8. The van der Waals surface area contributed by atoms with Crippen LogP contribution in [0.1, 0.15) is 12.8 Å². The monoisotopic (exact) mass is 325 g/mol. The third-order valence-electron chi connectivity index (χ3n) is 3.77. The van der Waals surface area contributed by atoms with Gasteiger partial charge in [0.2, 0.25) is 11.8 Å². The van der Waals surface area contributed by atoms with E-state index >= 15 is 0 Å². The Bertz CT molecular complexity index is 909. The molecular formula is C15H15N7O2. The third kappa shape index (κ3) is 2.96. The zero-order valence-corrected chi connectivity index (χ0v) is 12.7. The maximum absolute atomic E-state index is 12.1. The summed E-state index contributed by atoms with van der Waals surface area (Å²) in [7, 11) is 0. The molecule has 122 valence electrons. The van der Waals surface area contributed by atoms with E-state index in [1.807, 2.05) is 24.3 Å². The molecule has 9 heteroatoms. The van der Waals surface area contributed by atoms with Crippen molar-refractivity contribution in [3.63, 3.8) is 0 Å². The van der Waals surface area contributed by atoms with Gasteiger partial charge < -0.3 is 10.6 Å². The number of rotatable bonds is 5. The van der Waals surface area contributed by atoms with E-state index in [2.05, 4.69) is 31.1 Å². The summed E-state index contributed by atoms with van der Waals surface area (Å²) >= 11 is 0. The second-order valence-corrected chi connectivity index (χ2v) is 5.73. The van der Waals surface area contributed by atoms with E-state index in [1.165, 1.54) is 10.9 Å². The highest BCUT2D eigenvalue weighted by Crippen LogP contribution is 2.29. The van der Waals surface area contributed by atoms with Crippen LogP contribution in [0.5, 0.6) is 0 Å². The van der Waals surface area contributed by atoms with Crippen LogP contribution in [0, 0.1) is 5.92 Å². The van der Waals surface area contributed by atoms with Crippen molar-refractivity contribution in [2.45, 2.75) is 19.4 Å². The van der Waals surface area contributed by atoms with E-state index in [0.29, 0.717) is 11.6 Å². The van der Waals surface area contributed by atoms with Crippen molar-refractivity contribution >= 4 is 34.4 Å². The van der Waals surface area contributed by atoms with Gasteiger partial charge in [-0.25, -0.2) is 4.68 Å². The van der Waals surface area contributed by atoms with Crippen LogP contribution in [0.3, 0.4) is 0 Å². The van der Waals surface area contributed by atoms with E-state index in [1.54, 1.807) is 0 Å². The number of aromatic nitrogens is 5. The van der Waals surface area contributed by atoms with Crippen molar-refractivity contribution in [3.05, 3.63) is 30.5 Å². The minimum absolute atomic E-state index is 0.0204. The smallest absolute Gasteiger partial charge is 0.247 e. The molecule has 1 aliphatic carbocycles. The molecule has 0 atom stereocenters. The lowest BCUT2D eigenvalue weighted by Gasteiger charge is -2.02. The van der Waals surface area contributed by atoms with Crippen molar-refractivity contribution < 1.29 is 9.59 Å². The number of amides is 2. The molecule has 1 fully saturated rings. The summed E-state index contributed by atoms with van der Waals surface area (Å²) < 4.78 is 1.37. The lowest BCUT2D eigenvalue weighted by Crippen LogP contribution is -2.19. The average Bonchev–Trinajstić information content (AvgIpc) is 3.23. The molecule has 0 spiro atoms. The highest BCUT2D eigenvalue weighted by Gasteiger charge is 2.30. The number of benzene rings is 1. The molecule has 0 aliphatic heterocycles. The van der Waals surface area contributed by atoms with Gasteiger partial charge in [-0.05, 0) is 25.0 Å². The highest BCUT2D eigenvalue weighted by atomic mass is 16.2. The minimum atomic E-state index is -0.280. The summed E-state index contributed by atoms with van der Waals surface area (Å²) in [5.41, 5.74) is 0.846. The molecule has 2 aromatic heterocycles. The van der Waals surface area contributed by atoms with E-state index in [4.69, 9.17) is 0 Å². The molecule has 3 N–H and O–H groups in total. The average molecular weight is 325 g/mol. The van der Waals surface area contributed by atoms with Crippen LogP contribution >= 0.6 is 0 Å². The van der Waals surface area contributed by atoms with Crippen molar-refractivity contribution in [2.75, 3.05) is 10.6 Å². The first-order valence-electron chi connectivity index (χ1n) is 7.63. The second-order valence-electron chi connectivity index (χ2n) is 5.73. The molecule has 2 heterocycles. The number of hydrogen-bond donors (Lipinski definition) is 3. The summed E-state index contributed by atoms with van der Waals surface area (Å²) in [6.07, 6.45) is 3.36. The number of aromatic amines is 1. The normalized spacial score (nSPS) is 13.8. The maximum Gasteiger partial charge on any atom is 0.247 e. The maximum atomic E-state index is 12.1. The lowest BCUT2D eigenvalue weighted by molar-refractivity contribution is -0.117. The molecule has 0 radical (unpaired) electrons. The largest absolute Gasteiger partial charge is 0.308 e. The van der Waals surface area contributed by atoms with E-state index in [0.717, 1.165) is 23.7 Å².